The van der Waals surface area contributed by atoms with Crippen molar-refractivity contribution in [2.24, 2.45) is 17.1 Å². The van der Waals surface area contributed by atoms with Crippen LogP contribution in [-0.2, 0) is 0 Å². The minimum absolute atomic E-state index is 0.186. The summed E-state index contributed by atoms with van der Waals surface area (Å²) in [4.78, 5) is 0. The largest absolute Gasteiger partial charge is 0.389 e. The van der Waals surface area contributed by atoms with E-state index in [1.807, 2.05) is 0 Å². The van der Waals surface area contributed by atoms with Crippen LogP contribution in [0.1, 0.15) is 27.2 Å². The maximum atomic E-state index is 10.5. The van der Waals surface area contributed by atoms with Crippen molar-refractivity contribution in [2.45, 2.75) is 32.8 Å². The van der Waals surface area contributed by atoms with Crippen LogP contribution in [0.15, 0.2) is 0 Å². The zero-order valence-corrected chi connectivity index (χ0v) is 8.93. The molecule has 2 atom stereocenters. The predicted octanol–water partition coefficient (Wildman–Crippen LogP) is 0.332. The average Bonchev–Trinajstić information content (AvgIpc) is 2.10. The Morgan fingerprint density at radius 1 is 1.62 bits per heavy atom. The molecule has 1 heterocycles. The lowest BCUT2D eigenvalue weighted by molar-refractivity contribution is -0.119. The molecule has 3 heteroatoms. The van der Waals surface area contributed by atoms with Crippen molar-refractivity contribution in [2.75, 3.05) is 19.6 Å². The standard InChI is InChI=1S/C10H22N2O/c1-8-6-12-5-4-10(8,13)9(2,3)7-11/h8,12-13H,4-7,11H2,1-3H3. The molecule has 0 bridgehead atoms. The first kappa shape index (κ1) is 11.0. The Hall–Kier alpha value is -0.120. The zero-order valence-electron chi connectivity index (χ0n) is 8.93. The Balaban J connectivity index is 2.83. The fourth-order valence-corrected chi connectivity index (χ4v) is 2.19. The molecule has 1 saturated heterocycles. The van der Waals surface area contributed by atoms with Gasteiger partial charge in [0.25, 0.3) is 0 Å². The smallest absolute Gasteiger partial charge is 0.0759 e. The first-order chi connectivity index (χ1) is 5.94. The van der Waals surface area contributed by atoms with E-state index in [0.717, 1.165) is 19.5 Å². The minimum Gasteiger partial charge on any atom is -0.389 e. The summed E-state index contributed by atoms with van der Waals surface area (Å²) in [6.07, 6.45) is 0.804. The average molecular weight is 186 g/mol. The fraction of sp³-hybridized carbons (Fsp3) is 1.00. The second kappa shape index (κ2) is 3.56. The van der Waals surface area contributed by atoms with E-state index in [-0.39, 0.29) is 11.3 Å². The van der Waals surface area contributed by atoms with Gasteiger partial charge in [0.15, 0.2) is 0 Å². The Kier molecular flexibility index (Phi) is 3.00. The third-order valence-electron chi connectivity index (χ3n) is 3.63. The van der Waals surface area contributed by atoms with E-state index in [4.69, 9.17) is 5.73 Å². The third-order valence-corrected chi connectivity index (χ3v) is 3.63. The van der Waals surface area contributed by atoms with Crippen molar-refractivity contribution in [1.82, 2.24) is 5.32 Å². The van der Waals surface area contributed by atoms with E-state index in [1.54, 1.807) is 0 Å². The number of nitrogens with two attached hydrogens (primary N) is 1. The summed E-state index contributed by atoms with van der Waals surface area (Å²) in [5, 5.41) is 13.8. The number of aliphatic hydroxyl groups is 1. The molecule has 78 valence electrons. The molecule has 13 heavy (non-hydrogen) atoms. The van der Waals surface area contributed by atoms with Crippen LogP contribution < -0.4 is 11.1 Å². The molecule has 1 aliphatic heterocycles. The lowest BCUT2D eigenvalue weighted by Crippen LogP contribution is -2.59. The van der Waals surface area contributed by atoms with Crippen LogP contribution in [0.3, 0.4) is 0 Å². The van der Waals surface area contributed by atoms with Crippen LogP contribution >= 0.6 is 0 Å². The minimum atomic E-state index is -0.604. The van der Waals surface area contributed by atoms with Crippen LogP contribution in [0.5, 0.6) is 0 Å². The van der Waals surface area contributed by atoms with E-state index >= 15 is 0 Å². The van der Waals surface area contributed by atoms with Crippen molar-refractivity contribution in [3.8, 4) is 0 Å². The van der Waals surface area contributed by atoms with Crippen molar-refractivity contribution < 1.29 is 5.11 Å². The van der Waals surface area contributed by atoms with Crippen LogP contribution in [0.4, 0.5) is 0 Å². The summed E-state index contributed by atoms with van der Waals surface area (Å²) in [7, 11) is 0. The van der Waals surface area contributed by atoms with Crippen LogP contribution in [0.25, 0.3) is 0 Å². The molecule has 0 aliphatic carbocycles. The van der Waals surface area contributed by atoms with Gasteiger partial charge in [-0.25, -0.2) is 0 Å². The van der Waals surface area contributed by atoms with Gasteiger partial charge in [-0.2, -0.15) is 0 Å². The number of nitrogens with one attached hydrogen (secondary N) is 1. The molecular formula is C10H22N2O. The van der Waals surface area contributed by atoms with Gasteiger partial charge >= 0.3 is 0 Å². The van der Waals surface area contributed by atoms with Crippen LogP contribution in [0, 0.1) is 11.3 Å². The number of rotatable bonds is 2. The van der Waals surface area contributed by atoms with Gasteiger partial charge in [0.2, 0.25) is 0 Å². The van der Waals surface area contributed by atoms with Gasteiger partial charge in [-0.15, -0.1) is 0 Å². The first-order valence-electron chi connectivity index (χ1n) is 5.07. The van der Waals surface area contributed by atoms with E-state index in [1.165, 1.54) is 0 Å². The van der Waals surface area contributed by atoms with E-state index in [9.17, 15) is 5.11 Å². The summed E-state index contributed by atoms with van der Waals surface area (Å²) >= 11 is 0. The number of hydrogen-bond acceptors (Lipinski definition) is 3. The normalized spacial score (nSPS) is 36.2. The maximum Gasteiger partial charge on any atom is 0.0759 e. The van der Waals surface area contributed by atoms with Gasteiger partial charge in [0.05, 0.1) is 5.60 Å². The molecule has 0 aromatic heterocycles. The molecule has 3 nitrogen and oxygen atoms in total. The highest BCUT2D eigenvalue weighted by Gasteiger charge is 2.47. The summed E-state index contributed by atoms with van der Waals surface area (Å²) in [5.74, 6) is 0.278. The highest BCUT2D eigenvalue weighted by atomic mass is 16.3. The number of piperidine rings is 1. The Bertz CT molecular complexity index is 182. The molecule has 0 amide bonds. The molecule has 0 saturated carbocycles. The monoisotopic (exact) mass is 186 g/mol. The second-order valence-corrected chi connectivity index (χ2v) is 4.87. The maximum absolute atomic E-state index is 10.5. The first-order valence-corrected chi connectivity index (χ1v) is 5.07. The molecule has 1 fully saturated rings. The molecular weight excluding hydrogens is 164 g/mol. The Morgan fingerprint density at radius 2 is 2.23 bits per heavy atom. The van der Waals surface area contributed by atoms with Crippen molar-refractivity contribution in [3.63, 3.8) is 0 Å². The van der Waals surface area contributed by atoms with Gasteiger partial charge in [-0.3, -0.25) is 0 Å². The highest BCUT2D eigenvalue weighted by Crippen LogP contribution is 2.39. The van der Waals surface area contributed by atoms with Gasteiger partial charge < -0.3 is 16.2 Å². The molecule has 1 rings (SSSR count). The second-order valence-electron chi connectivity index (χ2n) is 4.87. The van der Waals surface area contributed by atoms with Gasteiger partial charge in [-0.05, 0) is 18.9 Å². The Labute approximate surface area is 80.7 Å². The third kappa shape index (κ3) is 1.73. The Morgan fingerprint density at radius 3 is 2.69 bits per heavy atom. The SMILES string of the molecule is CC1CNCCC1(O)C(C)(C)CN. The molecule has 4 N–H and O–H groups in total. The predicted molar refractivity (Wildman–Crippen MR) is 54.4 cm³/mol. The molecule has 1 aliphatic rings. The van der Waals surface area contributed by atoms with Crippen molar-refractivity contribution in [1.29, 1.82) is 0 Å². The molecule has 0 aromatic carbocycles. The zero-order chi connectivity index (χ0) is 10.1. The summed E-state index contributed by atoms with van der Waals surface area (Å²) in [5.41, 5.74) is 4.91. The number of hydrogen-bond donors (Lipinski definition) is 3. The van der Waals surface area contributed by atoms with E-state index in [2.05, 4.69) is 26.1 Å². The summed E-state index contributed by atoms with van der Waals surface area (Å²) in [6.45, 7) is 8.51. The quantitative estimate of drug-likeness (QED) is 0.582. The van der Waals surface area contributed by atoms with Crippen LogP contribution in [-0.4, -0.2) is 30.3 Å². The topological polar surface area (TPSA) is 58.3 Å². The summed E-state index contributed by atoms with van der Waals surface area (Å²) < 4.78 is 0. The summed E-state index contributed by atoms with van der Waals surface area (Å²) in [6, 6.07) is 0. The van der Waals surface area contributed by atoms with Crippen LogP contribution in [0.2, 0.25) is 0 Å². The molecule has 0 aromatic rings. The van der Waals surface area contributed by atoms with Gasteiger partial charge in [0.1, 0.15) is 0 Å². The highest BCUT2D eigenvalue weighted by molar-refractivity contribution is 5.00. The van der Waals surface area contributed by atoms with E-state index < -0.39 is 5.60 Å². The van der Waals surface area contributed by atoms with Gasteiger partial charge in [-0.1, -0.05) is 20.8 Å². The fourth-order valence-electron chi connectivity index (χ4n) is 2.19. The van der Waals surface area contributed by atoms with Gasteiger partial charge in [0, 0.05) is 18.5 Å². The molecule has 0 radical (unpaired) electrons. The molecule has 2 unspecified atom stereocenters. The molecule has 0 spiro atoms. The van der Waals surface area contributed by atoms with Crippen molar-refractivity contribution in [3.05, 3.63) is 0 Å². The lowest BCUT2D eigenvalue weighted by atomic mass is 9.65. The lowest BCUT2D eigenvalue weighted by Gasteiger charge is -2.49. The van der Waals surface area contributed by atoms with Crippen molar-refractivity contribution >= 4 is 0 Å². The van der Waals surface area contributed by atoms with E-state index in [0.29, 0.717) is 6.54 Å².